The number of benzene rings is 1. The van der Waals surface area contributed by atoms with Gasteiger partial charge in [-0.3, -0.25) is 4.79 Å². The van der Waals surface area contributed by atoms with Crippen LogP contribution < -0.4 is 5.32 Å². The average Bonchev–Trinajstić information content (AvgIpc) is 2.93. The lowest BCUT2D eigenvalue weighted by atomic mass is 9.96. The number of aryl methyl sites for hydroxylation is 3. The summed E-state index contributed by atoms with van der Waals surface area (Å²) < 4.78 is 5.15. The number of nitrogens with one attached hydrogen (secondary N) is 1. The van der Waals surface area contributed by atoms with E-state index in [1.165, 1.54) is 22.8 Å². The average molecular weight is 283 g/mol. The Kier molecular flexibility index (Phi) is 4.63. The molecule has 2 rings (SSSR count). The van der Waals surface area contributed by atoms with Gasteiger partial charge in [0.2, 0.25) is 5.91 Å². The highest BCUT2D eigenvalue weighted by molar-refractivity contribution is 5.91. The zero-order chi connectivity index (χ0) is 15.4. The standard InChI is InChI=1S/C18H21NO2/c1-12-10-14(3)17(11-13(12)2)15(4)19-18(20)8-7-16-6-5-9-21-16/h5-11,15H,1-4H3,(H,19,20)/b8-7+/t15-/m1/s1. The fourth-order valence-electron chi connectivity index (χ4n) is 2.33. The van der Waals surface area contributed by atoms with Gasteiger partial charge in [0.15, 0.2) is 0 Å². The van der Waals surface area contributed by atoms with Gasteiger partial charge in [-0.05, 0) is 68.2 Å². The third-order valence-corrected chi connectivity index (χ3v) is 3.65. The Labute approximate surface area is 125 Å². The quantitative estimate of drug-likeness (QED) is 0.858. The zero-order valence-electron chi connectivity index (χ0n) is 12.9. The van der Waals surface area contributed by atoms with Gasteiger partial charge in [0.05, 0.1) is 12.3 Å². The molecule has 1 N–H and O–H groups in total. The van der Waals surface area contributed by atoms with Crippen LogP contribution in [0.4, 0.5) is 0 Å². The molecule has 0 aliphatic heterocycles. The fraction of sp³-hybridized carbons (Fsp3) is 0.278. The molecule has 1 atom stereocenters. The topological polar surface area (TPSA) is 42.2 Å². The molecule has 0 saturated heterocycles. The first-order valence-electron chi connectivity index (χ1n) is 7.07. The lowest BCUT2D eigenvalue weighted by Crippen LogP contribution is -2.25. The smallest absolute Gasteiger partial charge is 0.244 e. The molecule has 1 aromatic heterocycles. The minimum absolute atomic E-state index is 0.0296. The minimum Gasteiger partial charge on any atom is -0.465 e. The molecule has 2 aromatic rings. The van der Waals surface area contributed by atoms with E-state index in [9.17, 15) is 4.79 Å². The summed E-state index contributed by atoms with van der Waals surface area (Å²) >= 11 is 0. The SMILES string of the molecule is Cc1cc(C)c([C@@H](C)NC(=O)/C=C/c2ccco2)cc1C. The molecule has 1 heterocycles. The first-order chi connectivity index (χ1) is 9.97. The molecule has 110 valence electrons. The molecule has 0 saturated carbocycles. The lowest BCUT2D eigenvalue weighted by molar-refractivity contribution is -0.117. The molecule has 0 unspecified atom stereocenters. The molecular formula is C18H21NO2. The van der Waals surface area contributed by atoms with Crippen molar-refractivity contribution in [3.8, 4) is 0 Å². The molecular weight excluding hydrogens is 262 g/mol. The van der Waals surface area contributed by atoms with Gasteiger partial charge < -0.3 is 9.73 Å². The van der Waals surface area contributed by atoms with E-state index in [2.05, 4.69) is 38.2 Å². The Morgan fingerprint density at radius 1 is 1.19 bits per heavy atom. The van der Waals surface area contributed by atoms with Gasteiger partial charge in [0.1, 0.15) is 5.76 Å². The number of hydrogen-bond acceptors (Lipinski definition) is 2. The number of carbonyl (C=O) groups excluding carboxylic acids is 1. The Morgan fingerprint density at radius 3 is 2.57 bits per heavy atom. The van der Waals surface area contributed by atoms with Crippen LogP contribution in [0.15, 0.2) is 41.0 Å². The summed E-state index contributed by atoms with van der Waals surface area (Å²) in [6.45, 7) is 8.25. The highest BCUT2D eigenvalue weighted by atomic mass is 16.3. The van der Waals surface area contributed by atoms with E-state index >= 15 is 0 Å². The molecule has 0 fully saturated rings. The van der Waals surface area contributed by atoms with Crippen LogP contribution in [0.2, 0.25) is 0 Å². The maximum Gasteiger partial charge on any atom is 0.244 e. The molecule has 0 radical (unpaired) electrons. The van der Waals surface area contributed by atoms with Gasteiger partial charge in [-0.1, -0.05) is 12.1 Å². The van der Waals surface area contributed by atoms with Crippen molar-refractivity contribution >= 4 is 12.0 Å². The van der Waals surface area contributed by atoms with Crippen molar-refractivity contribution in [3.63, 3.8) is 0 Å². The molecule has 0 bridgehead atoms. The van der Waals surface area contributed by atoms with Crippen molar-refractivity contribution in [1.29, 1.82) is 0 Å². The summed E-state index contributed by atoms with van der Waals surface area (Å²) in [5.41, 5.74) is 4.86. The van der Waals surface area contributed by atoms with Gasteiger partial charge in [0, 0.05) is 6.08 Å². The Bertz CT molecular complexity index is 654. The first-order valence-corrected chi connectivity index (χ1v) is 7.07. The molecule has 0 aliphatic rings. The van der Waals surface area contributed by atoms with E-state index in [0.29, 0.717) is 5.76 Å². The van der Waals surface area contributed by atoms with Gasteiger partial charge in [-0.15, -0.1) is 0 Å². The molecule has 21 heavy (non-hydrogen) atoms. The van der Waals surface area contributed by atoms with E-state index in [0.717, 1.165) is 5.56 Å². The van der Waals surface area contributed by atoms with E-state index in [1.54, 1.807) is 24.5 Å². The van der Waals surface area contributed by atoms with Crippen molar-refractivity contribution in [2.45, 2.75) is 33.7 Å². The maximum atomic E-state index is 11.9. The second kappa shape index (κ2) is 6.44. The number of amides is 1. The van der Waals surface area contributed by atoms with Crippen LogP contribution in [-0.2, 0) is 4.79 Å². The normalized spacial score (nSPS) is 12.6. The van der Waals surface area contributed by atoms with Crippen LogP contribution >= 0.6 is 0 Å². The van der Waals surface area contributed by atoms with Crippen molar-refractivity contribution in [3.05, 3.63) is 64.6 Å². The van der Waals surface area contributed by atoms with Crippen molar-refractivity contribution < 1.29 is 9.21 Å². The van der Waals surface area contributed by atoms with Crippen LogP contribution in [0.25, 0.3) is 6.08 Å². The third-order valence-electron chi connectivity index (χ3n) is 3.65. The van der Waals surface area contributed by atoms with Gasteiger partial charge >= 0.3 is 0 Å². The van der Waals surface area contributed by atoms with Crippen LogP contribution in [0.3, 0.4) is 0 Å². The lowest BCUT2D eigenvalue weighted by Gasteiger charge is -2.17. The summed E-state index contributed by atoms with van der Waals surface area (Å²) in [4.78, 5) is 11.9. The third kappa shape index (κ3) is 3.85. The van der Waals surface area contributed by atoms with E-state index < -0.39 is 0 Å². The van der Waals surface area contributed by atoms with E-state index in [1.807, 2.05) is 6.92 Å². The second-order valence-electron chi connectivity index (χ2n) is 5.37. The van der Waals surface area contributed by atoms with Crippen LogP contribution in [-0.4, -0.2) is 5.91 Å². The minimum atomic E-state index is -0.128. The van der Waals surface area contributed by atoms with E-state index in [-0.39, 0.29) is 11.9 Å². The maximum absolute atomic E-state index is 11.9. The Hall–Kier alpha value is -2.29. The molecule has 3 heteroatoms. The molecule has 3 nitrogen and oxygen atoms in total. The van der Waals surface area contributed by atoms with Crippen LogP contribution in [0.5, 0.6) is 0 Å². The predicted octanol–water partition coefficient (Wildman–Crippen LogP) is 4.10. The summed E-state index contributed by atoms with van der Waals surface area (Å²) in [5, 5.41) is 2.98. The summed E-state index contributed by atoms with van der Waals surface area (Å²) in [7, 11) is 0. The highest BCUT2D eigenvalue weighted by Crippen LogP contribution is 2.21. The van der Waals surface area contributed by atoms with E-state index in [4.69, 9.17) is 4.42 Å². The molecule has 1 aromatic carbocycles. The first kappa shape index (κ1) is 15.1. The number of carbonyl (C=O) groups is 1. The monoisotopic (exact) mass is 283 g/mol. The number of hydrogen-bond donors (Lipinski definition) is 1. The number of furan rings is 1. The van der Waals surface area contributed by atoms with Crippen LogP contribution in [0.1, 0.15) is 41.0 Å². The highest BCUT2D eigenvalue weighted by Gasteiger charge is 2.11. The Morgan fingerprint density at radius 2 is 1.90 bits per heavy atom. The van der Waals surface area contributed by atoms with Crippen molar-refractivity contribution in [2.24, 2.45) is 0 Å². The fourth-order valence-corrected chi connectivity index (χ4v) is 2.33. The largest absolute Gasteiger partial charge is 0.465 e. The van der Waals surface area contributed by atoms with Gasteiger partial charge in [-0.2, -0.15) is 0 Å². The Balaban J connectivity index is 2.06. The van der Waals surface area contributed by atoms with Crippen molar-refractivity contribution in [1.82, 2.24) is 5.32 Å². The second-order valence-corrected chi connectivity index (χ2v) is 5.37. The molecule has 0 aliphatic carbocycles. The predicted molar refractivity (Wildman–Crippen MR) is 85.0 cm³/mol. The zero-order valence-corrected chi connectivity index (χ0v) is 12.9. The molecule has 0 spiro atoms. The summed E-state index contributed by atoms with van der Waals surface area (Å²) in [6.07, 6.45) is 4.74. The van der Waals surface area contributed by atoms with Crippen LogP contribution in [0, 0.1) is 20.8 Å². The number of rotatable bonds is 4. The summed E-state index contributed by atoms with van der Waals surface area (Å²) in [5.74, 6) is 0.539. The van der Waals surface area contributed by atoms with Gasteiger partial charge in [-0.25, -0.2) is 0 Å². The summed E-state index contributed by atoms with van der Waals surface area (Å²) in [6, 6.07) is 7.87. The van der Waals surface area contributed by atoms with Gasteiger partial charge in [0.25, 0.3) is 0 Å². The molecule has 1 amide bonds. The van der Waals surface area contributed by atoms with Crippen molar-refractivity contribution in [2.75, 3.05) is 0 Å².